The van der Waals surface area contributed by atoms with E-state index in [2.05, 4.69) is 19.2 Å². The molecule has 1 rings (SSSR count). The van der Waals surface area contributed by atoms with Gasteiger partial charge in [0.1, 0.15) is 11.5 Å². The molecule has 114 valence electrons. The van der Waals surface area contributed by atoms with E-state index in [1.54, 1.807) is 20.3 Å². The number of hydrogen-bond donors (Lipinski definition) is 1. The molecule has 0 amide bonds. The molecule has 3 nitrogen and oxygen atoms in total. The summed E-state index contributed by atoms with van der Waals surface area (Å²) in [6.07, 6.45) is 6.27. The maximum Gasteiger partial charge on any atom is 0.143 e. The number of rotatable bonds is 9. The van der Waals surface area contributed by atoms with Gasteiger partial charge >= 0.3 is 0 Å². The second-order valence-corrected chi connectivity index (χ2v) is 5.49. The molecule has 0 radical (unpaired) electrons. The Labute approximate surface area is 127 Å². The molecule has 0 saturated heterocycles. The van der Waals surface area contributed by atoms with E-state index in [0.29, 0.717) is 16.8 Å². The monoisotopic (exact) mass is 299 g/mol. The van der Waals surface area contributed by atoms with E-state index in [4.69, 9.17) is 21.1 Å². The number of unbranched alkanes of at least 4 members (excludes halogenated alkanes) is 3. The van der Waals surface area contributed by atoms with Crippen molar-refractivity contribution in [2.45, 2.75) is 52.0 Å². The van der Waals surface area contributed by atoms with Gasteiger partial charge in [0.25, 0.3) is 0 Å². The molecule has 0 heterocycles. The summed E-state index contributed by atoms with van der Waals surface area (Å²) in [5, 5.41) is 4.04. The number of halogens is 1. The van der Waals surface area contributed by atoms with E-state index >= 15 is 0 Å². The lowest BCUT2D eigenvalue weighted by atomic mass is 10.1. The first kappa shape index (κ1) is 17.0. The van der Waals surface area contributed by atoms with Gasteiger partial charge in [-0.1, -0.05) is 44.2 Å². The number of hydrogen-bond acceptors (Lipinski definition) is 3. The highest BCUT2D eigenvalue weighted by Crippen LogP contribution is 2.36. The predicted molar refractivity (Wildman–Crippen MR) is 86.4 cm³/mol. The van der Waals surface area contributed by atoms with Gasteiger partial charge in [0.2, 0.25) is 0 Å². The SMILES string of the molecule is CCCCCCC(C)Nc1cc(OC)c(Cl)cc1OC. The first-order chi connectivity index (χ1) is 9.62. The van der Waals surface area contributed by atoms with Crippen molar-refractivity contribution in [2.24, 2.45) is 0 Å². The number of ether oxygens (including phenoxy) is 2. The lowest BCUT2D eigenvalue weighted by molar-refractivity contribution is 0.404. The predicted octanol–water partition coefficient (Wildman–Crippen LogP) is 5.13. The van der Waals surface area contributed by atoms with Gasteiger partial charge in [-0.15, -0.1) is 0 Å². The average Bonchev–Trinajstić information content (AvgIpc) is 2.45. The summed E-state index contributed by atoms with van der Waals surface area (Å²) < 4.78 is 10.6. The van der Waals surface area contributed by atoms with Crippen LogP contribution in [0.1, 0.15) is 46.0 Å². The molecule has 1 unspecified atom stereocenters. The molecule has 0 saturated carbocycles. The average molecular weight is 300 g/mol. The molecule has 0 aliphatic rings. The summed E-state index contributed by atoms with van der Waals surface area (Å²) in [4.78, 5) is 0. The Balaban J connectivity index is 2.65. The van der Waals surface area contributed by atoms with Gasteiger partial charge in [-0.2, -0.15) is 0 Å². The van der Waals surface area contributed by atoms with Crippen LogP contribution in [-0.2, 0) is 0 Å². The van der Waals surface area contributed by atoms with Crippen LogP contribution in [0.4, 0.5) is 5.69 Å². The zero-order valence-electron chi connectivity index (χ0n) is 13.0. The van der Waals surface area contributed by atoms with Gasteiger partial charge in [-0.05, 0) is 13.3 Å². The smallest absolute Gasteiger partial charge is 0.143 e. The number of nitrogens with one attached hydrogen (secondary N) is 1. The Kier molecular flexibility index (Phi) is 7.60. The first-order valence-electron chi connectivity index (χ1n) is 7.30. The van der Waals surface area contributed by atoms with Gasteiger partial charge in [0.05, 0.1) is 24.9 Å². The third-order valence-electron chi connectivity index (χ3n) is 3.37. The Morgan fingerprint density at radius 3 is 2.40 bits per heavy atom. The zero-order valence-corrected chi connectivity index (χ0v) is 13.7. The molecule has 0 spiro atoms. The van der Waals surface area contributed by atoms with Crippen LogP contribution in [0.2, 0.25) is 5.02 Å². The van der Waals surface area contributed by atoms with E-state index in [1.165, 1.54) is 25.7 Å². The van der Waals surface area contributed by atoms with Gasteiger partial charge in [0, 0.05) is 18.2 Å². The highest BCUT2D eigenvalue weighted by Gasteiger charge is 2.11. The molecular weight excluding hydrogens is 274 g/mol. The number of benzene rings is 1. The van der Waals surface area contributed by atoms with Crippen molar-refractivity contribution in [3.8, 4) is 11.5 Å². The molecule has 0 bridgehead atoms. The van der Waals surface area contributed by atoms with Gasteiger partial charge in [-0.3, -0.25) is 0 Å². The Bertz CT molecular complexity index is 410. The number of anilines is 1. The normalized spacial score (nSPS) is 12.1. The van der Waals surface area contributed by atoms with E-state index < -0.39 is 0 Å². The van der Waals surface area contributed by atoms with E-state index in [9.17, 15) is 0 Å². The Morgan fingerprint density at radius 1 is 1.10 bits per heavy atom. The summed E-state index contributed by atoms with van der Waals surface area (Å²) in [7, 11) is 3.26. The van der Waals surface area contributed by atoms with Crippen molar-refractivity contribution in [1.29, 1.82) is 0 Å². The minimum Gasteiger partial charge on any atom is -0.495 e. The van der Waals surface area contributed by atoms with Crippen molar-refractivity contribution in [3.05, 3.63) is 17.2 Å². The van der Waals surface area contributed by atoms with Crippen molar-refractivity contribution in [2.75, 3.05) is 19.5 Å². The fourth-order valence-electron chi connectivity index (χ4n) is 2.19. The van der Waals surface area contributed by atoms with E-state index in [0.717, 1.165) is 17.9 Å². The van der Waals surface area contributed by atoms with Gasteiger partial charge in [0.15, 0.2) is 0 Å². The summed E-state index contributed by atoms with van der Waals surface area (Å²) in [6, 6.07) is 4.07. The van der Waals surface area contributed by atoms with Crippen LogP contribution in [-0.4, -0.2) is 20.3 Å². The minimum absolute atomic E-state index is 0.395. The maximum absolute atomic E-state index is 6.10. The van der Waals surface area contributed by atoms with Gasteiger partial charge in [-0.25, -0.2) is 0 Å². The second kappa shape index (κ2) is 8.96. The fraction of sp³-hybridized carbons (Fsp3) is 0.625. The molecule has 0 aromatic heterocycles. The molecule has 1 atom stereocenters. The van der Waals surface area contributed by atoms with Crippen LogP contribution in [0, 0.1) is 0 Å². The molecule has 1 aromatic rings. The lowest BCUT2D eigenvalue weighted by Gasteiger charge is -2.19. The molecule has 0 aliphatic heterocycles. The summed E-state index contributed by atoms with van der Waals surface area (Å²) in [5.74, 6) is 1.41. The minimum atomic E-state index is 0.395. The van der Waals surface area contributed by atoms with Crippen molar-refractivity contribution in [1.82, 2.24) is 0 Å². The van der Waals surface area contributed by atoms with Crippen LogP contribution in [0.25, 0.3) is 0 Å². The summed E-state index contributed by atoms with van der Waals surface area (Å²) in [6.45, 7) is 4.42. The standard InChI is InChI=1S/C16H26ClNO2/c1-5-6-7-8-9-12(2)18-14-11-15(19-3)13(17)10-16(14)20-4/h10-12,18H,5-9H2,1-4H3. The van der Waals surface area contributed by atoms with Crippen LogP contribution in [0.15, 0.2) is 12.1 Å². The topological polar surface area (TPSA) is 30.5 Å². The molecule has 1 aromatic carbocycles. The van der Waals surface area contributed by atoms with E-state index in [-0.39, 0.29) is 0 Å². The largest absolute Gasteiger partial charge is 0.495 e. The Morgan fingerprint density at radius 2 is 1.80 bits per heavy atom. The molecule has 1 N–H and O–H groups in total. The second-order valence-electron chi connectivity index (χ2n) is 5.08. The molecule has 0 fully saturated rings. The van der Waals surface area contributed by atoms with E-state index in [1.807, 2.05) is 6.07 Å². The molecule has 0 aliphatic carbocycles. The first-order valence-corrected chi connectivity index (χ1v) is 7.68. The summed E-state index contributed by atoms with van der Waals surface area (Å²) in [5.41, 5.74) is 0.928. The van der Waals surface area contributed by atoms with Gasteiger partial charge < -0.3 is 14.8 Å². The van der Waals surface area contributed by atoms with Crippen LogP contribution in [0.3, 0.4) is 0 Å². The van der Waals surface area contributed by atoms with Crippen molar-refractivity contribution in [3.63, 3.8) is 0 Å². The highest BCUT2D eigenvalue weighted by molar-refractivity contribution is 6.32. The summed E-state index contributed by atoms with van der Waals surface area (Å²) >= 11 is 6.10. The fourth-order valence-corrected chi connectivity index (χ4v) is 2.42. The molecular formula is C16H26ClNO2. The van der Waals surface area contributed by atoms with Crippen LogP contribution in [0.5, 0.6) is 11.5 Å². The third-order valence-corrected chi connectivity index (χ3v) is 3.66. The maximum atomic E-state index is 6.10. The van der Waals surface area contributed by atoms with Crippen molar-refractivity contribution < 1.29 is 9.47 Å². The van der Waals surface area contributed by atoms with Crippen molar-refractivity contribution >= 4 is 17.3 Å². The Hall–Kier alpha value is -1.09. The zero-order chi connectivity index (χ0) is 15.0. The van der Waals surface area contributed by atoms with Crippen LogP contribution < -0.4 is 14.8 Å². The molecule has 4 heteroatoms. The van der Waals surface area contributed by atoms with Crippen LogP contribution >= 0.6 is 11.6 Å². The molecule has 20 heavy (non-hydrogen) atoms. The highest BCUT2D eigenvalue weighted by atomic mass is 35.5. The quantitative estimate of drug-likeness (QED) is 0.641. The lowest BCUT2D eigenvalue weighted by Crippen LogP contribution is -2.15. The third kappa shape index (κ3) is 5.12. The number of methoxy groups -OCH3 is 2.